The highest BCUT2D eigenvalue weighted by Crippen LogP contribution is 2.36. The zero-order valence-corrected chi connectivity index (χ0v) is 24.3. The first-order valence-electron chi connectivity index (χ1n) is 15.0. The molecule has 1 aromatic heterocycles. The summed E-state index contributed by atoms with van der Waals surface area (Å²) in [4.78, 5) is 23.4. The largest absolute Gasteiger partial charge is 0.416 e. The number of benzene rings is 2. The van der Waals surface area contributed by atoms with Gasteiger partial charge in [-0.1, -0.05) is 37.5 Å². The van der Waals surface area contributed by atoms with Crippen molar-refractivity contribution in [3.8, 4) is 0 Å². The number of nitrogens with zero attached hydrogens (tertiary/aromatic N) is 3. The molecule has 2 heterocycles. The fourth-order valence-corrected chi connectivity index (χ4v) is 6.57. The lowest BCUT2D eigenvalue weighted by Crippen LogP contribution is -2.57. The third-order valence-electron chi connectivity index (χ3n) is 9.01. The third kappa shape index (κ3) is 7.55. The summed E-state index contributed by atoms with van der Waals surface area (Å²) in [6.45, 7) is 3.13. The molecule has 1 N–H and O–H groups in total. The predicted molar refractivity (Wildman–Crippen MR) is 154 cm³/mol. The maximum absolute atomic E-state index is 14.0. The molecule has 1 unspecified atom stereocenters. The van der Waals surface area contributed by atoms with E-state index in [1.807, 2.05) is 30.5 Å². The van der Waals surface area contributed by atoms with Crippen LogP contribution in [0.1, 0.15) is 54.4 Å². The highest BCUT2D eigenvalue weighted by Gasteiger charge is 2.37. The van der Waals surface area contributed by atoms with Crippen LogP contribution in [0.25, 0.3) is 10.9 Å². The Morgan fingerprint density at radius 2 is 1.56 bits per heavy atom. The minimum atomic E-state index is -4.91. The maximum atomic E-state index is 14.0. The number of nitrogens with one attached hydrogen (secondary N) is 1. The van der Waals surface area contributed by atoms with Gasteiger partial charge in [-0.15, -0.1) is 0 Å². The van der Waals surface area contributed by atoms with E-state index in [4.69, 9.17) is 0 Å². The van der Waals surface area contributed by atoms with E-state index >= 15 is 0 Å². The number of carbonyl (C=O) groups is 1. The number of piperazine rings is 1. The first kappa shape index (κ1) is 31.4. The molecule has 2 aliphatic rings. The van der Waals surface area contributed by atoms with E-state index in [2.05, 4.69) is 14.8 Å². The first-order chi connectivity index (χ1) is 20.4. The number of hydrogen-bond donors (Lipinski definition) is 1. The Kier molecular flexibility index (Phi) is 9.41. The summed E-state index contributed by atoms with van der Waals surface area (Å²) in [6, 6.07) is 9.51. The van der Waals surface area contributed by atoms with E-state index in [0.29, 0.717) is 25.6 Å². The van der Waals surface area contributed by atoms with Crippen LogP contribution >= 0.6 is 0 Å². The van der Waals surface area contributed by atoms with E-state index in [1.165, 1.54) is 37.0 Å². The Morgan fingerprint density at radius 1 is 0.930 bits per heavy atom. The molecule has 11 heteroatoms. The molecule has 1 saturated heterocycles. The van der Waals surface area contributed by atoms with Crippen LogP contribution in [0, 0.1) is 0 Å². The summed E-state index contributed by atoms with van der Waals surface area (Å²) in [6.07, 6.45) is -1.45. The van der Waals surface area contributed by atoms with E-state index in [-0.39, 0.29) is 30.5 Å². The molecular weight excluding hydrogens is 570 g/mol. The van der Waals surface area contributed by atoms with Gasteiger partial charge in [-0.2, -0.15) is 26.3 Å². The number of likely N-dealkylation sites (N-methyl/N-ethyl adjacent to an activating group) is 1. The number of hydrogen-bond acceptors (Lipinski definition) is 3. The molecule has 43 heavy (non-hydrogen) atoms. The number of aromatic amines is 1. The van der Waals surface area contributed by atoms with E-state index in [0.717, 1.165) is 41.7 Å². The van der Waals surface area contributed by atoms with Gasteiger partial charge in [0.15, 0.2) is 0 Å². The van der Waals surface area contributed by atoms with E-state index in [9.17, 15) is 31.1 Å². The van der Waals surface area contributed by atoms with Crippen LogP contribution in [0.4, 0.5) is 26.3 Å². The van der Waals surface area contributed by atoms with Crippen molar-refractivity contribution in [2.75, 3.05) is 39.8 Å². The first-order valence-corrected chi connectivity index (χ1v) is 15.0. The lowest BCUT2D eigenvalue weighted by molar-refractivity contribution is -0.143. The second-order valence-electron chi connectivity index (χ2n) is 11.9. The number of halogens is 6. The predicted octanol–water partition coefficient (Wildman–Crippen LogP) is 6.77. The summed E-state index contributed by atoms with van der Waals surface area (Å²) < 4.78 is 80.2. The summed E-state index contributed by atoms with van der Waals surface area (Å²) in [7, 11) is 1.57. The number of H-pyrrole nitrogens is 1. The third-order valence-corrected chi connectivity index (χ3v) is 9.01. The molecule has 3 aromatic rings. The minimum absolute atomic E-state index is 0.0101. The number of carbonyl (C=O) groups excluding carboxylic acids is 1. The Labute approximate surface area is 247 Å². The normalized spacial score (nSPS) is 18.7. The van der Waals surface area contributed by atoms with Crippen molar-refractivity contribution < 1.29 is 31.1 Å². The van der Waals surface area contributed by atoms with Gasteiger partial charge in [-0.3, -0.25) is 14.6 Å². The Balaban J connectivity index is 1.33. The van der Waals surface area contributed by atoms with Crippen LogP contribution in [-0.4, -0.2) is 77.4 Å². The van der Waals surface area contributed by atoms with Crippen molar-refractivity contribution in [3.63, 3.8) is 0 Å². The molecule has 5 nitrogen and oxygen atoms in total. The lowest BCUT2D eigenvalue weighted by atomic mass is 9.93. The van der Waals surface area contributed by atoms with Crippen molar-refractivity contribution in [2.24, 2.45) is 0 Å². The topological polar surface area (TPSA) is 42.6 Å². The van der Waals surface area contributed by atoms with Crippen LogP contribution in [0.5, 0.6) is 0 Å². The molecule has 1 aliphatic carbocycles. The maximum Gasteiger partial charge on any atom is 0.416 e. The molecule has 0 bridgehead atoms. The fourth-order valence-electron chi connectivity index (χ4n) is 6.57. The number of fused-ring (bicyclic) bond motifs is 1. The summed E-state index contributed by atoms with van der Waals surface area (Å²) >= 11 is 0. The molecule has 0 radical (unpaired) electrons. The zero-order valence-electron chi connectivity index (χ0n) is 24.3. The molecule has 5 rings (SSSR count). The van der Waals surface area contributed by atoms with Crippen molar-refractivity contribution >= 4 is 16.8 Å². The van der Waals surface area contributed by atoms with Crippen molar-refractivity contribution in [2.45, 2.75) is 69.4 Å². The standard InChI is InChI=1S/C32H38F6N4O/c1-40(12-11-22-17-24(31(33,34)35)20-25(18-22)32(36,37)38)30(43)29(19-23-21-39-28-10-6-5-9-27(23)28)42-15-13-41(14-16-42)26-7-3-2-4-8-26/h5-6,9-10,17-18,20-21,26,29,39H,2-4,7-8,11-16,19H2,1H3. The quantitative estimate of drug-likeness (QED) is 0.287. The van der Waals surface area contributed by atoms with Gasteiger partial charge in [0, 0.05) is 62.9 Å². The fraction of sp³-hybridized carbons (Fsp3) is 0.531. The van der Waals surface area contributed by atoms with E-state index < -0.39 is 29.5 Å². The number of amides is 1. The molecule has 2 fully saturated rings. The molecule has 2 aromatic carbocycles. The van der Waals surface area contributed by atoms with Gasteiger partial charge >= 0.3 is 12.4 Å². The Bertz CT molecular complexity index is 1350. The molecule has 0 spiro atoms. The minimum Gasteiger partial charge on any atom is -0.361 e. The highest BCUT2D eigenvalue weighted by molar-refractivity contribution is 5.86. The van der Waals surface area contributed by atoms with Gasteiger partial charge in [0.05, 0.1) is 17.2 Å². The van der Waals surface area contributed by atoms with Crippen molar-refractivity contribution in [1.29, 1.82) is 0 Å². The SMILES string of the molecule is CN(CCc1cc(C(F)(F)F)cc(C(F)(F)F)c1)C(=O)C(Cc1c[nH]c2ccccc12)N1CCN(C2CCCCC2)CC1. The van der Waals surface area contributed by atoms with Crippen LogP contribution in [0.15, 0.2) is 48.7 Å². The average molecular weight is 609 g/mol. The number of aromatic nitrogens is 1. The van der Waals surface area contributed by atoms with Gasteiger partial charge in [-0.05, 0) is 61.1 Å². The van der Waals surface area contributed by atoms with Gasteiger partial charge < -0.3 is 9.88 Å². The number of alkyl halides is 6. The average Bonchev–Trinajstić information content (AvgIpc) is 3.40. The van der Waals surface area contributed by atoms with Gasteiger partial charge in [0.1, 0.15) is 0 Å². The monoisotopic (exact) mass is 608 g/mol. The molecule has 1 saturated carbocycles. The lowest BCUT2D eigenvalue weighted by Gasteiger charge is -2.43. The molecule has 1 aliphatic heterocycles. The zero-order chi connectivity index (χ0) is 30.8. The van der Waals surface area contributed by atoms with Gasteiger partial charge in [0.2, 0.25) is 5.91 Å². The number of para-hydroxylation sites is 1. The van der Waals surface area contributed by atoms with Gasteiger partial charge in [-0.25, -0.2) is 0 Å². The summed E-state index contributed by atoms with van der Waals surface area (Å²) in [5.74, 6) is -0.195. The summed E-state index contributed by atoms with van der Waals surface area (Å²) in [5.41, 5.74) is -0.858. The second-order valence-corrected chi connectivity index (χ2v) is 11.9. The number of rotatable bonds is 8. The van der Waals surface area contributed by atoms with Crippen molar-refractivity contribution in [1.82, 2.24) is 19.7 Å². The van der Waals surface area contributed by atoms with Crippen LogP contribution < -0.4 is 0 Å². The smallest absolute Gasteiger partial charge is 0.361 e. The van der Waals surface area contributed by atoms with Crippen LogP contribution in [0.3, 0.4) is 0 Å². The van der Waals surface area contributed by atoms with Crippen LogP contribution in [-0.2, 0) is 30.0 Å². The Hall–Kier alpha value is -3.05. The van der Waals surface area contributed by atoms with Crippen molar-refractivity contribution in [3.05, 3.63) is 70.9 Å². The van der Waals surface area contributed by atoms with Crippen LogP contribution in [0.2, 0.25) is 0 Å². The van der Waals surface area contributed by atoms with E-state index in [1.54, 1.807) is 7.05 Å². The summed E-state index contributed by atoms with van der Waals surface area (Å²) in [5, 5.41) is 1.02. The molecule has 234 valence electrons. The molecule has 1 atom stereocenters. The Morgan fingerprint density at radius 3 is 2.19 bits per heavy atom. The van der Waals surface area contributed by atoms with Gasteiger partial charge in [0.25, 0.3) is 0 Å². The highest BCUT2D eigenvalue weighted by atomic mass is 19.4. The molecular formula is C32H38F6N4O. The second kappa shape index (κ2) is 12.9. The molecule has 1 amide bonds.